The number of hydrogen-bond donors (Lipinski definition) is 2. The van der Waals surface area contributed by atoms with Crippen molar-refractivity contribution in [2.45, 2.75) is 32.6 Å². The van der Waals surface area contributed by atoms with E-state index in [2.05, 4.69) is 39.2 Å². The minimum Gasteiger partial charge on any atom is -0.393 e. The first-order valence-electron chi connectivity index (χ1n) is 8.00. The van der Waals surface area contributed by atoms with Crippen molar-refractivity contribution in [1.82, 2.24) is 9.97 Å². The molecule has 22 heavy (non-hydrogen) atoms. The minimum atomic E-state index is 0.635. The summed E-state index contributed by atoms with van der Waals surface area (Å²) in [7, 11) is 0. The van der Waals surface area contributed by atoms with Crippen molar-refractivity contribution < 1.29 is 0 Å². The molecule has 5 nitrogen and oxygen atoms in total. The lowest BCUT2D eigenvalue weighted by molar-refractivity contribution is 0.574. The lowest BCUT2D eigenvalue weighted by Gasteiger charge is -2.29. The molecule has 0 aliphatic carbocycles. The number of nitrogens with one attached hydrogen (secondary N) is 1. The first kappa shape index (κ1) is 14.6. The summed E-state index contributed by atoms with van der Waals surface area (Å²) in [6.07, 6.45) is 6.25. The van der Waals surface area contributed by atoms with Gasteiger partial charge in [0, 0.05) is 18.8 Å². The van der Waals surface area contributed by atoms with Gasteiger partial charge in [-0.25, -0.2) is 9.97 Å². The number of piperidine rings is 1. The molecule has 3 rings (SSSR count). The number of anilines is 4. The number of nitrogens with two attached hydrogens (primary N) is 1. The van der Waals surface area contributed by atoms with Crippen molar-refractivity contribution >= 4 is 23.0 Å². The lowest BCUT2D eigenvalue weighted by Crippen LogP contribution is -2.31. The van der Waals surface area contributed by atoms with Crippen LogP contribution in [0.25, 0.3) is 0 Å². The SMILES string of the molecule is CCc1ccccc1Nc1ncnc(N2CCCCC2)c1N. The number of para-hydroxylation sites is 1. The van der Waals surface area contributed by atoms with E-state index in [4.69, 9.17) is 5.73 Å². The fourth-order valence-corrected chi connectivity index (χ4v) is 2.92. The van der Waals surface area contributed by atoms with Crippen LogP contribution < -0.4 is 16.0 Å². The van der Waals surface area contributed by atoms with Gasteiger partial charge in [0.15, 0.2) is 11.6 Å². The Morgan fingerprint density at radius 3 is 2.68 bits per heavy atom. The van der Waals surface area contributed by atoms with E-state index in [0.29, 0.717) is 11.5 Å². The van der Waals surface area contributed by atoms with E-state index in [0.717, 1.165) is 31.0 Å². The van der Waals surface area contributed by atoms with Gasteiger partial charge in [-0.3, -0.25) is 0 Å². The monoisotopic (exact) mass is 297 g/mol. The molecule has 2 heterocycles. The summed E-state index contributed by atoms with van der Waals surface area (Å²) in [6.45, 7) is 4.18. The van der Waals surface area contributed by atoms with Crippen molar-refractivity contribution in [2.24, 2.45) is 0 Å². The fourth-order valence-electron chi connectivity index (χ4n) is 2.92. The predicted octanol–water partition coefficient (Wildman–Crippen LogP) is 3.36. The highest BCUT2D eigenvalue weighted by atomic mass is 15.2. The molecule has 1 fully saturated rings. The van der Waals surface area contributed by atoms with Crippen LogP contribution in [0.5, 0.6) is 0 Å². The van der Waals surface area contributed by atoms with E-state index in [1.165, 1.54) is 24.8 Å². The van der Waals surface area contributed by atoms with Crippen LogP contribution in [0, 0.1) is 0 Å². The van der Waals surface area contributed by atoms with Crippen LogP contribution in [0.1, 0.15) is 31.7 Å². The summed E-state index contributed by atoms with van der Waals surface area (Å²) in [4.78, 5) is 11.0. The second-order valence-corrected chi connectivity index (χ2v) is 5.64. The third-order valence-electron chi connectivity index (χ3n) is 4.17. The molecule has 0 saturated carbocycles. The van der Waals surface area contributed by atoms with Gasteiger partial charge in [-0.1, -0.05) is 25.1 Å². The zero-order chi connectivity index (χ0) is 15.4. The second kappa shape index (κ2) is 6.64. The highest BCUT2D eigenvalue weighted by Crippen LogP contribution is 2.31. The lowest BCUT2D eigenvalue weighted by atomic mass is 10.1. The Morgan fingerprint density at radius 1 is 1.14 bits per heavy atom. The first-order chi connectivity index (χ1) is 10.8. The molecule has 0 amide bonds. The summed E-state index contributed by atoms with van der Waals surface area (Å²) in [5.74, 6) is 1.54. The number of hydrogen-bond acceptors (Lipinski definition) is 5. The standard InChI is InChI=1S/C17H23N5/c1-2-13-8-4-5-9-14(13)21-16-15(18)17(20-12-19-16)22-10-6-3-7-11-22/h4-5,8-9,12H,2-3,6-7,10-11,18H2,1H3,(H,19,20,21). The predicted molar refractivity (Wildman–Crippen MR) is 91.6 cm³/mol. The average molecular weight is 297 g/mol. The van der Waals surface area contributed by atoms with Gasteiger partial charge < -0.3 is 16.0 Å². The third kappa shape index (κ3) is 2.98. The molecular formula is C17H23N5. The van der Waals surface area contributed by atoms with Crippen LogP contribution in [0.3, 0.4) is 0 Å². The molecule has 0 radical (unpaired) electrons. The van der Waals surface area contributed by atoms with Crippen LogP contribution in [0.4, 0.5) is 23.0 Å². The van der Waals surface area contributed by atoms with Gasteiger partial charge in [-0.15, -0.1) is 0 Å². The number of rotatable bonds is 4. The van der Waals surface area contributed by atoms with E-state index in [9.17, 15) is 0 Å². The summed E-state index contributed by atoms with van der Waals surface area (Å²) in [6, 6.07) is 8.24. The Kier molecular flexibility index (Phi) is 4.42. The van der Waals surface area contributed by atoms with Crippen molar-refractivity contribution in [3.63, 3.8) is 0 Å². The molecule has 5 heteroatoms. The van der Waals surface area contributed by atoms with E-state index < -0.39 is 0 Å². The highest BCUT2D eigenvalue weighted by molar-refractivity contribution is 5.79. The quantitative estimate of drug-likeness (QED) is 0.906. The van der Waals surface area contributed by atoms with Gasteiger partial charge >= 0.3 is 0 Å². The smallest absolute Gasteiger partial charge is 0.159 e. The Hall–Kier alpha value is -2.30. The molecule has 1 aromatic heterocycles. The van der Waals surface area contributed by atoms with Crippen LogP contribution in [0.15, 0.2) is 30.6 Å². The zero-order valence-corrected chi connectivity index (χ0v) is 13.0. The molecule has 1 aliphatic rings. The molecule has 1 aromatic carbocycles. The van der Waals surface area contributed by atoms with E-state index in [-0.39, 0.29) is 0 Å². The van der Waals surface area contributed by atoms with Gasteiger partial charge in [0.25, 0.3) is 0 Å². The Bertz CT molecular complexity index is 635. The second-order valence-electron chi connectivity index (χ2n) is 5.64. The molecule has 1 saturated heterocycles. The van der Waals surface area contributed by atoms with Crippen molar-refractivity contribution in [2.75, 3.05) is 29.0 Å². The maximum absolute atomic E-state index is 6.32. The van der Waals surface area contributed by atoms with Crippen molar-refractivity contribution in [1.29, 1.82) is 0 Å². The van der Waals surface area contributed by atoms with Crippen LogP contribution in [-0.4, -0.2) is 23.1 Å². The number of aryl methyl sites for hydroxylation is 1. The third-order valence-corrected chi connectivity index (χ3v) is 4.17. The van der Waals surface area contributed by atoms with Gasteiger partial charge in [-0.05, 0) is 37.3 Å². The van der Waals surface area contributed by atoms with Gasteiger partial charge in [0.2, 0.25) is 0 Å². The Balaban J connectivity index is 1.88. The summed E-state index contributed by atoms with van der Waals surface area (Å²) < 4.78 is 0. The molecule has 2 aromatic rings. The van der Waals surface area contributed by atoms with Crippen LogP contribution in [-0.2, 0) is 6.42 Å². The number of benzene rings is 1. The fraction of sp³-hybridized carbons (Fsp3) is 0.412. The van der Waals surface area contributed by atoms with E-state index in [1.54, 1.807) is 6.33 Å². The first-order valence-corrected chi connectivity index (χ1v) is 8.00. The molecule has 0 bridgehead atoms. The van der Waals surface area contributed by atoms with E-state index >= 15 is 0 Å². The average Bonchev–Trinajstić information content (AvgIpc) is 2.58. The summed E-state index contributed by atoms with van der Waals surface area (Å²) in [5.41, 5.74) is 9.26. The van der Waals surface area contributed by atoms with Crippen LogP contribution in [0.2, 0.25) is 0 Å². The molecule has 3 N–H and O–H groups in total. The largest absolute Gasteiger partial charge is 0.393 e. The van der Waals surface area contributed by atoms with Gasteiger partial charge in [0.05, 0.1) is 0 Å². The van der Waals surface area contributed by atoms with E-state index in [1.807, 2.05) is 12.1 Å². The molecule has 116 valence electrons. The maximum Gasteiger partial charge on any atom is 0.159 e. The summed E-state index contributed by atoms with van der Waals surface area (Å²) >= 11 is 0. The highest BCUT2D eigenvalue weighted by Gasteiger charge is 2.17. The molecule has 0 spiro atoms. The van der Waals surface area contributed by atoms with Gasteiger partial charge in [0.1, 0.15) is 12.0 Å². The Labute approximate surface area is 131 Å². The zero-order valence-electron chi connectivity index (χ0n) is 13.0. The van der Waals surface area contributed by atoms with Crippen molar-refractivity contribution in [3.8, 4) is 0 Å². The van der Waals surface area contributed by atoms with Crippen LogP contribution >= 0.6 is 0 Å². The topological polar surface area (TPSA) is 67.1 Å². The number of nitrogens with zero attached hydrogens (tertiary/aromatic N) is 3. The van der Waals surface area contributed by atoms with Gasteiger partial charge in [-0.2, -0.15) is 0 Å². The molecule has 0 atom stereocenters. The summed E-state index contributed by atoms with van der Waals surface area (Å²) in [5, 5.41) is 3.37. The number of nitrogen functional groups attached to an aromatic ring is 1. The molecular weight excluding hydrogens is 274 g/mol. The molecule has 0 unspecified atom stereocenters. The Morgan fingerprint density at radius 2 is 1.91 bits per heavy atom. The minimum absolute atomic E-state index is 0.635. The molecule has 1 aliphatic heterocycles. The number of aromatic nitrogens is 2. The normalized spacial score (nSPS) is 14.9. The van der Waals surface area contributed by atoms with Crippen molar-refractivity contribution in [3.05, 3.63) is 36.2 Å². The maximum atomic E-state index is 6.32.